The van der Waals surface area contributed by atoms with Crippen LogP contribution in [-0.2, 0) is 5.54 Å². The minimum absolute atomic E-state index is 0.214. The molecule has 1 aliphatic heterocycles. The molecule has 1 heterocycles. The van der Waals surface area contributed by atoms with Gasteiger partial charge in [0.2, 0.25) is 0 Å². The number of rotatable bonds is 0. The van der Waals surface area contributed by atoms with Crippen LogP contribution in [0.25, 0.3) is 0 Å². The fourth-order valence-corrected chi connectivity index (χ4v) is 1.93. The van der Waals surface area contributed by atoms with Gasteiger partial charge in [-0.2, -0.15) is 0 Å². The van der Waals surface area contributed by atoms with Gasteiger partial charge < -0.3 is 0 Å². The molecule has 0 atom stereocenters. The highest BCUT2D eigenvalue weighted by molar-refractivity contribution is 5.13. The summed E-state index contributed by atoms with van der Waals surface area (Å²) in [7, 11) is 0. The molecule has 3 nitrogen and oxygen atoms in total. The van der Waals surface area contributed by atoms with Gasteiger partial charge in [-0.05, 0) is 32.9 Å². The summed E-state index contributed by atoms with van der Waals surface area (Å²) in [6.07, 6.45) is 0. The first-order chi connectivity index (χ1) is 7.93. The zero-order valence-corrected chi connectivity index (χ0v) is 10.2. The van der Waals surface area contributed by atoms with Gasteiger partial charge in [-0.25, -0.2) is 0 Å². The maximum absolute atomic E-state index is 12.2. The van der Waals surface area contributed by atoms with E-state index in [0.717, 1.165) is 0 Å². The zero-order chi connectivity index (χ0) is 12.6. The molecule has 17 heavy (non-hydrogen) atoms. The van der Waals surface area contributed by atoms with Crippen LogP contribution in [0.2, 0.25) is 0 Å². The lowest BCUT2D eigenvalue weighted by molar-refractivity contribution is 0.377. The van der Waals surface area contributed by atoms with Crippen molar-refractivity contribution in [3.05, 3.63) is 67.5 Å². The molecule has 1 aliphatic carbocycles. The molecule has 0 fully saturated rings. The second kappa shape index (κ2) is 3.84. The number of hydrogen-bond donors (Lipinski definition) is 0. The van der Waals surface area contributed by atoms with Crippen molar-refractivity contribution in [3.63, 3.8) is 0 Å². The normalized spacial score (nSPS) is 11.7. The van der Waals surface area contributed by atoms with Crippen LogP contribution in [0.3, 0.4) is 0 Å². The quantitative estimate of drug-likeness (QED) is 0.689. The van der Waals surface area contributed by atoms with Crippen LogP contribution in [0, 0.1) is 10.4 Å². The molecule has 0 aromatic carbocycles. The molecule has 0 radical (unpaired) electrons. The fourth-order valence-electron chi connectivity index (χ4n) is 1.93. The highest BCUT2D eigenvalue weighted by Crippen LogP contribution is 2.08. The highest BCUT2D eigenvalue weighted by Gasteiger charge is 2.20. The summed E-state index contributed by atoms with van der Waals surface area (Å²) in [4.78, 5) is 24.4. The average molecular weight is 229 g/mol. The highest BCUT2D eigenvalue weighted by atomic mass is 16.2. The molecule has 0 aromatic rings. The first kappa shape index (κ1) is 11.6. The van der Waals surface area contributed by atoms with E-state index in [1.165, 1.54) is 4.57 Å². The Bertz CT molecular complexity index is 668. The van der Waals surface area contributed by atoms with Crippen molar-refractivity contribution in [2.24, 2.45) is 0 Å². The van der Waals surface area contributed by atoms with Crippen LogP contribution in [0.4, 0.5) is 0 Å². The van der Waals surface area contributed by atoms with Gasteiger partial charge in [0.15, 0.2) is 0 Å². The first-order valence-electron chi connectivity index (χ1n) is 5.57. The molecular weight excluding hydrogens is 214 g/mol. The third kappa shape index (κ3) is 1.88. The van der Waals surface area contributed by atoms with Gasteiger partial charge in [-0.15, -0.1) is 0 Å². The van der Waals surface area contributed by atoms with Crippen molar-refractivity contribution in [1.29, 1.82) is 0 Å². The van der Waals surface area contributed by atoms with Gasteiger partial charge in [0.1, 0.15) is 0 Å². The zero-order valence-electron chi connectivity index (χ0n) is 10.2. The van der Waals surface area contributed by atoms with E-state index in [1.807, 2.05) is 32.9 Å². The van der Waals surface area contributed by atoms with Gasteiger partial charge in [-0.1, -0.05) is 24.3 Å². The molecule has 0 spiro atoms. The summed E-state index contributed by atoms with van der Waals surface area (Å²) in [5.41, 5.74) is -0.924. The van der Waals surface area contributed by atoms with E-state index in [4.69, 9.17) is 0 Å². The number of hydrogen-bond acceptors (Lipinski definition) is 2. The smallest absolute Gasteiger partial charge is 0.262 e. The summed E-state index contributed by atoms with van der Waals surface area (Å²) in [6, 6.07) is 10.6. The predicted octanol–water partition coefficient (Wildman–Crippen LogP) is 1.69. The summed E-state index contributed by atoms with van der Waals surface area (Å²) in [6.45, 7) is 5.57. The summed E-state index contributed by atoms with van der Waals surface area (Å²) < 4.78 is 1.32. The molecule has 0 bridgehead atoms. The molecular formula is C14H15NO2. The molecule has 3 heteroatoms. The van der Waals surface area contributed by atoms with Crippen molar-refractivity contribution in [1.82, 2.24) is 4.57 Å². The Morgan fingerprint density at radius 3 is 1.59 bits per heavy atom. The lowest BCUT2D eigenvalue weighted by Crippen LogP contribution is -2.39. The SMILES string of the molecule is CC(C)(C)n1c(=O)c2ccccccc=2c1=O. The molecule has 0 saturated heterocycles. The van der Waals surface area contributed by atoms with Crippen molar-refractivity contribution in [2.45, 2.75) is 26.3 Å². The fraction of sp³-hybridized carbons (Fsp3) is 0.286. The summed E-state index contributed by atoms with van der Waals surface area (Å²) >= 11 is 0. The first-order valence-corrected chi connectivity index (χ1v) is 5.57. The Balaban J connectivity index is 3.09. The van der Waals surface area contributed by atoms with Crippen molar-refractivity contribution < 1.29 is 0 Å². The second-order valence-electron chi connectivity index (χ2n) is 5.05. The van der Waals surface area contributed by atoms with Gasteiger partial charge in [-0.3, -0.25) is 14.2 Å². The van der Waals surface area contributed by atoms with E-state index in [2.05, 4.69) is 0 Å². The number of aromatic nitrogens is 1. The molecule has 0 aromatic heterocycles. The Hall–Kier alpha value is -1.90. The Labute approximate surface area is 99.0 Å². The van der Waals surface area contributed by atoms with Crippen LogP contribution in [0.5, 0.6) is 0 Å². The average Bonchev–Trinajstić information content (AvgIpc) is 2.35. The molecule has 2 aliphatic rings. The molecule has 0 N–H and O–H groups in total. The maximum atomic E-state index is 12.2. The van der Waals surface area contributed by atoms with Crippen molar-refractivity contribution in [2.75, 3.05) is 0 Å². The minimum Gasteiger partial charge on any atom is -0.269 e. The Kier molecular flexibility index (Phi) is 2.62. The summed E-state index contributed by atoms with van der Waals surface area (Å²) in [5.74, 6) is 0. The van der Waals surface area contributed by atoms with E-state index in [-0.39, 0.29) is 11.1 Å². The molecule has 2 rings (SSSR count). The minimum atomic E-state index is -0.496. The van der Waals surface area contributed by atoms with Crippen LogP contribution in [0.1, 0.15) is 20.8 Å². The Morgan fingerprint density at radius 2 is 1.24 bits per heavy atom. The van der Waals surface area contributed by atoms with Crippen LogP contribution in [-0.4, -0.2) is 4.57 Å². The molecule has 88 valence electrons. The summed E-state index contributed by atoms with van der Waals surface area (Å²) in [5, 5.41) is 0.955. The van der Waals surface area contributed by atoms with Gasteiger partial charge in [0.05, 0.1) is 10.4 Å². The maximum Gasteiger partial charge on any atom is 0.262 e. The third-order valence-corrected chi connectivity index (χ3v) is 2.69. The second-order valence-corrected chi connectivity index (χ2v) is 5.05. The van der Waals surface area contributed by atoms with E-state index < -0.39 is 5.54 Å². The van der Waals surface area contributed by atoms with Crippen LogP contribution < -0.4 is 11.1 Å². The van der Waals surface area contributed by atoms with E-state index in [9.17, 15) is 9.59 Å². The lowest BCUT2D eigenvalue weighted by atomic mass is 10.1. The molecule has 0 saturated carbocycles. The predicted molar refractivity (Wildman–Crippen MR) is 67.3 cm³/mol. The Morgan fingerprint density at radius 1 is 0.824 bits per heavy atom. The molecule has 0 unspecified atom stereocenters. The van der Waals surface area contributed by atoms with Crippen molar-refractivity contribution in [3.8, 4) is 0 Å². The van der Waals surface area contributed by atoms with Gasteiger partial charge in [0.25, 0.3) is 11.1 Å². The van der Waals surface area contributed by atoms with Crippen LogP contribution >= 0.6 is 0 Å². The number of nitrogens with zero attached hydrogens (tertiary/aromatic N) is 1. The van der Waals surface area contributed by atoms with Gasteiger partial charge in [0, 0.05) is 5.54 Å². The largest absolute Gasteiger partial charge is 0.269 e. The molecule has 0 amide bonds. The lowest BCUT2D eigenvalue weighted by Gasteiger charge is -2.18. The van der Waals surface area contributed by atoms with Gasteiger partial charge >= 0.3 is 0 Å². The van der Waals surface area contributed by atoms with E-state index in [0.29, 0.717) is 10.4 Å². The van der Waals surface area contributed by atoms with E-state index in [1.54, 1.807) is 24.3 Å². The monoisotopic (exact) mass is 229 g/mol. The third-order valence-electron chi connectivity index (χ3n) is 2.69. The standard InChI is InChI=1S/C14H15NO2/c1-14(2,3)15-12(16)10-8-6-4-5-7-9-11(10)13(15)17/h4-9H,1-3H3. The van der Waals surface area contributed by atoms with Crippen LogP contribution in [0.15, 0.2) is 46.0 Å². The topological polar surface area (TPSA) is 39.1 Å². The van der Waals surface area contributed by atoms with E-state index >= 15 is 0 Å². The van der Waals surface area contributed by atoms with Crippen molar-refractivity contribution >= 4 is 0 Å².